The molecule has 1 aliphatic heterocycles. The summed E-state index contributed by atoms with van der Waals surface area (Å²) in [6.45, 7) is 7.30. The number of hydrogen-bond donors (Lipinski definition) is 2. The van der Waals surface area contributed by atoms with E-state index in [4.69, 9.17) is 10.5 Å². The molecule has 15 heavy (non-hydrogen) atoms. The molecule has 3 N–H and O–H groups in total. The summed E-state index contributed by atoms with van der Waals surface area (Å²) in [5, 5.41) is 3.16. The fourth-order valence-corrected chi connectivity index (χ4v) is 1.50. The summed E-state index contributed by atoms with van der Waals surface area (Å²) in [4.78, 5) is 10.5. The average molecular weight is 214 g/mol. The van der Waals surface area contributed by atoms with Crippen molar-refractivity contribution in [3.63, 3.8) is 0 Å². The third-order valence-corrected chi connectivity index (χ3v) is 3.01. The van der Waals surface area contributed by atoms with Crippen molar-refractivity contribution in [1.29, 1.82) is 0 Å². The zero-order valence-corrected chi connectivity index (χ0v) is 9.88. The van der Waals surface area contributed by atoms with E-state index < -0.39 is 0 Å². The van der Waals surface area contributed by atoms with E-state index >= 15 is 0 Å². The van der Waals surface area contributed by atoms with E-state index in [1.807, 2.05) is 0 Å². The van der Waals surface area contributed by atoms with Crippen molar-refractivity contribution >= 4 is 5.91 Å². The molecule has 88 valence electrons. The Balaban J connectivity index is 2.10. The molecule has 1 aliphatic rings. The molecule has 0 aromatic heterocycles. The third kappa shape index (κ3) is 4.62. The van der Waals surface area contributed by atoms with Crippen molar-refractivity contribution < 1.29 is 9.53 Å². The van der Waals surface area contributed by atoms with Crippen LogP contribution in [0.15, 0.2) is 0 Å². The first kappa shape index (κ1) is 12.5. The molecule has 0 aliphatic carbocycles. The Morgan fingerprint density at radius 1 is 1.53 bits per heavy atom. The van der Waals surface area contributed by atoms with Crippen LogP contribution in [0.25, 0.3) is 0 Å². The van der Waals surface area contributed by atoms with E-state index in [1.54, 1.807) is 0 Å². The predicted octanol–water partition coefficient (Wildman–Crippen LogP) is 1.00. The first-order valence-corrected chi connectivity index (χ1v) is 5.62. The smallest absolute Gasteiger partial charge is 0.218 e. The molecule has 1 rings (SSSR count). The van der Waals surface area contributed by atoms with Gasteiger partial charge in [-0.05, 0) is 11.8 Å². The molecule has 4 heteroatoms. The summed E-state index contributed by atoms with van der Waals surface area (Å²) in [6, 6.07) is 0. The van der Waals surface area contributed by atoms with E-state index in [1.165, 1.54) is 0 Å². The van der Waals surface area contributed by atoms with E-state index in [9.17, 15) is 4.79 Å². The second-order valence-electron chi connectivity index (χ2n) is 4.99. The van der Waals surface area contributed by atoms with Gasteiger partial charge in [-0.1, -0.05) is 27.2 Å². The molecule has 1 heterocycles. The van der Waals surface area contributed by atoms with Gasteiger partial charge in [-0.3, -0.25) is 10.1 Å². The standard InChI is InChI=1S/C11H22N2O2/c1-4-11(2,3)7-8-10(15-8)13-6-5-9(12)14/h8,10,13H,4-7H2,1-3H3,(H2,12,14). The fraction of sp³-hybridized carbons (Fsp3) is 0.909. The Morgan fingerprint density at radius 3 is 2.73 bits per heavy atom. The molecule has 2 unspecified atom stereocenters. The number of carbonyl (C=O) groups excluding carboxylic acids is 1. The van der Waals surface area contributed by atoms with Crippen molar-refractivity contribution in [2.24, 2.45) is 11.1 Å². The molecule has 0 radical (unpaired) electrons. The van der Waals surface area contributed by atoms with Crippen molar-refractivity contribution in [1.82, 2.24) is 5.32 Å². The number of amides is 1. The maximum atomic E-state index is 10.5. The summed E-state index contributed by atoms with van der Waals surface area (Å²) < 4.78 is 5.47. The fourth-order valence-electron chi connectivity index (χ4n) is 1.50. The number of nitrogens with one attached hydrogen (secondary N) is 1. The quantitative estimate of drug-likeness (QED) is 0.621. The highest BCUT2D eigenvalue weighted by Crippen LogP contribution is 2.35. The highest BCUT2D eigenvalue weighted by molar-refractivity contribution is 5.73. The first-order chi connectivity index (χ1) is 6.94. The molecule has 0 aromatic rings. The SMILES string of the molecule is CCC(C)(C)CC1OC1NCCC(N)=O. The summed E-state index contributed by atoms with van der Waals surface area (Å²) in [6.07, 6.45) is 3.05. The van der Waals surface area contributed by atoms with E-state index in [0.717, 1.165) is 12.8 Å². The minimum absolute atomic E-state index is 0.134. The lowest BCUT2D eigenvalue weighted by Crippen LogP contribution is -2.26. The average Bonchev–Trinajstić information content (AvgIpc) is 2.82. The van der Waals surface area contributed by atoms with Crippen LogP contribution in [0, 0.1) is 5.41 Å². The lowest BCUT2D eigenvalue weighted by molar-refractivity contribution is -0.117. The maximum Gasteiger partial charge on any atom is 0.218 e. The van der Waals surface area contributed by atoms with Gasteiger partial charge >= 0.3 is 0 Å². The maximum absolute atomic E-state index is 10.5. The van der Waals surface area contributed by atoms with Gasteiger partial charge in [-0.25, -0.2) is 0 Å². The second kappa shape index (κ2) is 4.94. The van der Waals surface area contributed by atoms with Gasteiger partial charge < -0.3 is 10.5 Å². The number of epoxide rings is 1. The van der Waals surface area contributed by atoms with Gasteiger partial charge in [0.15, 0.2) is 0 Å². The number of nitrogens with two attached hydrogens (primary N) is 1. The molecule has 4 nitrogen and oxygen atoms in total. The Bertz CT molecular complexity index is 229. The van der Waals surface area contributed by atoms with Gasteiger partial charge in [0.25, 0.3) is 0 Å². The van der Waals surface area contributed by atoms with Crippen LogP contribution in [0.4, 0.5) is 0 Å². The molecular formula is C11H22N2O2. The van der Waals surface area contributed by atoms with E-state index in [0.29, 0.717) is 24.5 Å². The van der Waals surface area contributed by atoms with Crippen LogP contribution in [0.5, 0.6) is 0 Å². The Hall–Kier alpha value is -0.610. The van der Waals surface area contributed by atoms with Crippen LogP contribution < -0.4 is 11.1 Å². The van der Waals surface area contributed by atoms with Gasteiger partial charge in [0.05, 0.1) is 6.10 Å². The molecule has 1 fully saturated rings. The van der Waals surface area contributed by atoms with Crippen LogP contribution in [-0.4, -0.2) is 24.8 Å². The largest absolute Gasteiger partial charge is 0.370 e. The molecule has 1 saturated heterocycles. The number of carbonyl (C=O) groups is 1. The van der Waals surface area contributed by atoms with Gasteiger partial charge in [0.1, 0.15) is 6.23 Å². The summed E-state index contributed by atoms with van der Waals surface area (Å²) >= 11 is 0. The van der Waals surface area contributed by atoms with Gasteiger partial charge in [0, 0.05) is 13.0 Å². The zero-order chi connectivity index (χ0) is 11.5. The van der Waals surface area contributed by atoms with Crippen LogP contribution >= 0.6 is 0 Å². The Morgan fingerprint density at radius 2 is 2.20 bits per heavy atom. The number of hydrogen-bond acceptors (Lipinski definition) is 3. The van der Waals surface area contributed by atoms with E-state index in [-0.39, 0.29) is 12.1 Å². The minimum Gasteiger partial charge on any atom is -0.370 e. The first-order valence-electron chi connectivity index (χ1n) is 5.62. The number of rotatable bonds is 7. The molecule has 1 amide bonds. The molecule has 0 spiro atoms. The summed E-state index contributed by atoms with van der Waals surface area (Å²) in [7, 11) is 0. The van der Waals surface area contributed by atoms with E-state index in [2.05, 4.69) is 26.1 Å². The summed E-state index contributed by atoms with van der Waals surface area (Å²) in [5.74, 6) is -0.270. The van der Waals surface area contributed by atoms with Crippen molar-refractivity contribution in [2.45, 2.75) is 52.4 Å². The van der Waals surface area contributed by atoms with Crippen LogP contribution in [0.3, 0.4) is 0 Å². The van der Waals surface area contributed by atoms with Crippen LogP contribution in [-0.2, 0) is 9.53 Å². The van der Waals surface area contributed by atoms with Crippen molar-refractivity contribution in [3.8, 4) is 0 Å². The molecule has 0 saturated carbocycles. The van der Waals surface area contributed by atoms with Gasteiger partial charge in [-0.15, -0.1) is 0 Å². The van der Waals surface area contributed by atoms with Crippen molar-refractivity contribution in [3.05, 3.63) is 0 Å². The lowest BCUT2D eigenvalue weighted by Gasteiger charge is -2.20. The second-order valence-corrected chi connectivity index (χ2v) is 4.99. The monoisotopic (exact) mass is 214 g/mol. The van der Waals surface area contributed by atoms with Crippen LogP contribution in [0.1, 0.15) is 40.0 Å². The highest BCUT2D eigenvalue weighted by Gasteiger charge is 2.41. The lowest BCUT2D eigenvalue weighted by atomic mass is 9.85. The summed E-state index contributed by atoms with van der Waals surface area (Å²) in [5.41, 5.74) is 5.38. The zero-order valence-electron chi connectivity index (χ0n) is 9.88. The molecular weight excluding hydrogens is 192 g/mol. The highest BCUT2D eigenvalue weighted by atomic mass is 16.6. The normalized spacial score (nSPS) is 25.3. The number of primary amides is 1. The van der Waals surface area contributed by atoms with Gasteiger partial charge in [0.2, 0.25) is 5.91 Å². The Kier molecular flexibility index (Phi) is 4.11. The number of ether oxygens (including phenoxy) is 1. The molecule has 0 bridgehead atoms. The van der Waals surface area contributed by atoms with Crippen LogP contribution in [0.2, 0.25) is 0 Å². The third-order valence-electron chi connectivity index (χ3n) is 3.01. The molecule has 2 atom stereocenters. The minimum atomic E-state index is -0.270. The van der Waals surface area contributed by atoms with Gasteiger partial charge in [-0.2, -0.15) is 0 Å². The van der Waals surface area contributed by atoms with Crippen molar-refractivity contribution in [2.75, 3.05) is 6.54 Å². The topological polar surface area (TPSA) is 67.7 Å². The predicted molar refractivity (Wildman–Crippen MR) is 59.2 cm³/mol. The Labute approximate surface area is 91.5 Å². The molecule has 0 aromatic carbocycles.